The molecule has 0 saturated carbocycles. The van der Waals surface area contributed by atoms with E-state index in [2.05, 4.69) is 43.0 Å². The van der Waals surface area contributed by atoms with E-state index in [1.165, 1.54) is 5.57 Å². The van der Waals surface area contributed by atoms with E-state index in [9.17, 15) is 0 Å². The quantitative estimate of drug-likeness (QED) is 0.512. The molecule has 0 amide bonds. The smallest absolute Gasteiger partial charge is 0.0100 e. The first-order valence-electron chi connectivity index (χ1n) is 5.05. The molecule has 0 nitrogen and oxygen atoms in total. The molecule has 1 aliphatic rings. The highest BCUT2D eigenvalue weighted by Gasteiger charge is 1.84. The van der Waals surface area contributed by atoms with E-state index in [4.69, 9.17) is 0 Å². The fourth-order valence-electron chi connectivity index (χ4n) is 0.983. The van der Waals surface area contributed by atoms with Gasteiger partial charge < -0.3 is 0 Å². The van der Waals surface area contributed by atoms with Gasteiger partial charge in [0, 0.05) is 0 Å². The molecule has 0 aromatic heterocycles. The lowest BCUT2D eigenvalue weighted by atomic mass is 10.1. The van der Waals surface area contributed by atoms with Crippen LogP contribution in [-0.4, -0.2) is 0 Å². The van der Waals surface area contributed by atoms with Gasteiger partial charge in [-0.2, -0.15) is 0 Å². The lowest BCUT2D eigenvalue weighted by Gasteiger charge is -1.94. The van der Waals surface area contributed by atoms with Crippen molar-refractivity contribution in [2.45, 2.75) is 33.1 Å². The molecular weight excluding hydrogens is 156 g/mol. The van der Waals surface area contributed by atoms with Gasteiger partial charge >= 0.3 is 0 Å². The van der Waals surface area contributed by atoms with Crippen molar-refractivity contribution < 1.29 is 0 Å². The van der Waals surface area contributed by atoms with Crippen LogP contribution in [0, 0.1) is 0 Å². The first kappa shape index (κ1) is 12.0. The third-order valence-corrected chi connectivity index (χ3v) is 1.62. The first-order chi connectivity index (χ1) is 6.39. The summed E-state index contributed by atoms with van der Waals surface area (Å²) in [6.45, 7) is 7.93. The monoisotopic (exact) mass is 176 g/mol. The fourth-order valence-corrected chi connectivity index (χ4v) is 0.983. The fraction of sp³-hybridized carbons (Fsp3) is 0.385. The van der Waals surface area contributed by atoms with E-state index in [0.29, 0.717) is 0 Å². The molecule has 72 valence electrons. The van der Waals surface area contributed by atoms with E-state index in [0.717, 1.165) is 19.3 Å². The molecular formula is C13H20. The van der Waals surface area contributed by atoms with Crippen molar-refractivity contribution >= 4 is 0 Å². The Bertz CT molecular complexity index is 204. The van der Waals surface area contributed by atoms with Gasteiger partial charge in [0.05, 0.1) is 0 Å². The Morgan fingerprint density at radius 2 is 1.62 bits per heavy atom. The average molecular weight is 176 g/mol. The molecule has 0 saturated heterocycles. The van der Waals surface area contributed by atoms with Gasteiger partial charge in [0.1, 0.15) is 0 Å². The topological polar surface area (TPSA) is 0 Å². The van der Waals surface area contributed by atoms with Crippen molar-refractivity contribution in [1.29, 1.82) is 0 Å². The second-order valence-electron chi connectivity index (χ2n) is 2.70. The molecule has 0 fully saturated rings. The van der Waals surface area contributed by atoms with Crippen molar-refractivity contribution in [3.05, 3.63) is 48.6 Å². The summed E-state index contributed by atoms with van der Waals surface area (Å²) in [4.78, 5) is 0. The molecule has 0 heterocycles. The zero-order valence-electron chi connectivity index (χ0n) is 8.79. The minimum Gasteiger partial charge on any atom is -0.0955 e. The molecule has 0 aromatic rings. The normalized spacial score (nSPS) is 23.7. The standard InChI is InChI=1S/C11H14.C2H6/c1-11-9-7-5-3-2-4-6-8-10-11;1-2/h2-3,5,7-8,10H,1,4,6,9H2;1-2H3/b3-2-,7-5-,10-8-;. The maximum absolute atomic E-state index is 3.93. The number of hydrogen-bond acceptors (Lipinski definition) is 0. The summed E-state index contributed by atoms with van der Waals surface area (Å²) in [5, 5.41) is 0. The van der Waals surface area contributed by atoms with Gasteiger partial charge in [-0.3, -0.25) is 0 Å². The molecule has 0 N–H and O–H groups in total. The zero-order valence-corrected chi connectivity index (χ0v) is 8.79. The molecule has 0 spiro atoms. The largest absolute Gasteiger partial charge is 0.0955 e. The summed E-state index contributed by atoms with van der Waals surface area (Å²) in [7, 11) is 0. The summed E-state index contributed by atoms with van der Waals surface area (Å²) in [6.07, 6.45) is 16.0. The summed E-state index contributed by atoms with van der Waals surface area (Å²) in [5.41, 5.74) is 1.19. The molecule has 0 heteroatoms. The van der Waals surface area contributed by atoms with Gasteiger partial charge in [-0.1, -0.05) is 62.5 Å². The zero-order chi connectivity index (χ0) is 9.94. The minimum atomic E-state index is 0.973. The predicted molar refractivity (Wildman–Crippen MR) is 61.8 cm³/mol. The number of allylic oxidation sites excluding steroid dienone is 7. The van der Waals surface area contributed by atoms with Crippen molar-refractivity contribution in [2.24, 2.45) is 0 Å². The van der Waals surface area contributed by atoms with Gasteiger partial charge in [-0.15, -0.1) is 0 Å². The second kappa shape index (κ2) is 9.05. The minimum absolute atomic E-state index is 0.973. The van der Waals surface area contributed by atoms with Crippen LogP contribution in [-0.2, 0) is 0 Å². The van der Waals surface area contributed by atoms with Crippen LogP contribution in [0.2, 0.25) is 0 Å². The molecule has 0 bridgehead atoms. The lowest BCUT2D eigenvalue weighted by Crippen LogP contribution is -1.74. The maximum Gasteiger partial charge on any atom is -0.0100 e. The Hall–Kier alpha value is -1.04. The summed E-state index contributed by atoms with van der Waals surface area (Å²) < 4.78 is 0. The third-order valence-electron chi connectivity index (χ3n) is 1.62. The van der Waals surface area contributed by atoms with Crippen molar-refractivity contribution in [3.8, 4) is 0 Å². The van der Waals surface area contributed by atoms with Crippen molar-refractivity contribution in [2.75, 3.05) is 0 Å². The van der Waals surface area contributed by atoms with Crippen LogP contribution in [0.4, 0.5) is 0 Å². The predicted octanol–water partition coefficient (Wildman–Crippen LogP) is 4.42. The highest BCUT2D eigenvalue weighted by molar-refractivity contribution is 5.20. The average Bonchev–Trinajstić information content (AvgIpc) is 2.19. The van der Waals surface area contributed by atoms with Crippen LogP contribution in [0.3, 0.4) is 0 Å². The molecule has 1 rings (SSSR count). The molecule has 0 unspecified atom stereocenters. The van der Waals surface area contributed by atoms with Gasteiger partial charge in [-0.25, -0.2) is 0 Å². The molecule has 13 heavy (non-hydrogen) atoms. The van der Waals surface area contributed by atoms with Crippen LogP contribution in [0.1, 0.15) is 33.1 Å². The SMILES string of the molecule is C=C1/C=C\CC/C=C\C=C/C1.CC. The molecule has 0 radical (unpaired) electrons. The van der Waals surface area contributed by atoms with Gasteiger partial charge in [0.15, 0.2) is 0 Å². The van der Waals surface area contributed by atoms with E-state index in [-0.39, 0.29) is 0 Å². The van der Waals surface area contributed by atoms with Crippen LogP contribution in [0.25, 0.3) is 0 Å². The second-order valence-corrected chi connectivity index (χ2v) is 2.70. The molecule has 0 aromatic carbocycles. The van der Waals surface area contributed by atoms with E-state index in [1.54, 1.807) is 0 Å². The van der Waals surface area contributed by atoms with Gasteiger partial charge in [0.25, 0.3) is 0 Å². The van der Waals surface area contributed by atoms with Gasteiger partial charge in [0.2, 0.25) is 0 Å². The van der Waals surface area contributed by atoms with Crippen molar-refractivity contribution in [3.63, 3.8) is 0 Å². The molecule has 0 aliphatic heterocycles. The van der Waals surface area contributed by atoms with Crippen LogP contribution in [0.15, 0.2) is 48.6 Å². The first-order valence-corrected chi connectivity index (χ1v) is 5.05. The molecule has 0 atom stereocenters. The Balaban J connectivity index is 0.000000671. The van der Waals surface area contributed by atoms with Crippen LogP contribution in [0.5, 0.6) is 0 Å². The van der Waals surface area contributed by atoms with E-state index < -0.39 is 0 Å². The number of rotatable bonds is 0. The van der Waals surface area contributed by atoms with Crippen LogP contribution >= 0.6 is 0 Å². The van der Waals surface area contributed by atoms with E-state index >= 15 is 0 Å². The van der Waals surface area contributed by atoms with Crippen LogP contribution < -0.4 is 0 Å². The maximum atomic E-state index is 3.93. The van der Waals surface area contributed by atoms with Crippen molar-refractivity contribution in [1.82, 2.24) is 0 Å². The Kier molecular flexibility index (Phi) is 8.33. The number of hydrogen-bond donors (Lipinski definition) is 0. The Labute approximate surface area is 82.4 Å². The Morgan fingerprint density at radius 1 is 1.00 bits per heavy atom. The summed E-state index contributed by atoms with van der Waals surface area (Å²) in [6, 6.07) is 0. The highest BCUT2D eigenvalue weighted by atomic mass is 13.9. The Morgan fingerprint density at radius 3 is 2.38 bits per heavy atom. The van der Waals surface area contributed by atoms with Gasteiger partial charge in [-0.05, 0) is 19.3 Å². The van der Waals surface area contributed by atoms with E-state index in [1.807, 2.05) is 13.8 Å². The summed E-state index contributed by atoms with van der Waals surface area (Å²) in [5.74, 6) is 0. The lowest BCUT2D eigenvalue weighted by molar-refractivity contribution is 1.05. The molecule has 1 aliphatic carbocycles. The third kappa shape index (κ3) is 7.32. The highest BCUT2D eigenvalue weighted by Crippen LogP contribution is 2.05. The summed E-state index contributed by atoms with van der Waals surface area (Å²) >= 11 is 0.